The van der Waals surface area contributed by atoms with Crippen molar-refractivity contribution >= 4 is 11.9 Å². The van der Waals surface area contributed by atoms with E-state index in [-0.39, 0.29) is 12.1 Å². The number of carbonyl (C=O) groups is 1. The van der Waals surface area contributed by atoms with Gasteiger partial charge in [0, 0.05) is 6.54 Å². The number of amides is 2. The van der Waals surface area contributed by atoms with Crippen molar-refractivity contribution in [3.05, 3.63) is 35.4 Å². The molecule has 4 nitrogen and oxygen atoms in total. The predicted octanol–water partition coefficient (Wildman–Crippen LogP) is 2.63. The number of likely N-dealkylation sites (N-methyl/N-ethyl adjacent to an activating group) is 1. The minimum absolute atomic E-state index is 0.155. The van der Waals surface area contributed by atoms with Gasteiger partial charge in [-0.3, -0.25) is 10.7 Å². The first-order valence-corrected chi connectivity index (χ1v) is 6.47. The van der Waals surface area contributed by atoms with Crippen molar-refractivity contribution in [2.24, 2.45) is 0 Å². The monoisotopic (exact) mass is 243 g/mol. The standard InChI is InChI=1S/C14H17N3O/c1-2-17-12(13(15)16-14(17)18)11-6-4-3-5-10(11)9-7-8-9/h3-6,9,12H,2,7-8H2,1H3,(H2,15,16,18). The van der Waals surface area contributed by atoms with Crippen LogP contribution in [0.25, 0.3) is 0 Å². The molecule has 18 heavy (non-hydrogen) atoms. The van der Waals surface area contributed by atoms with Gasteiger partial charge in [0.15, 0.2) is 0 Å². The first-order chi connectivity index (χ1) is 8.72. The summed E-state index contributed by atoms with van der Waals surface area (Å²) in [5, 5.41) is 10.6. The Labute approximate surface area is 106 Å². The molecule has 2 amide bonds. The number of nitrogens with zero attached hydrogens (tertiary/aromatic N) is 1. The number of nitrogens with one attached hydrogen (secondary N) is 2. The van der Waals surface area contributed by atoms with Crippen LogP contribution in [0.5, 0.6) is 0 Å². The molecule has 3 rings (SSSR count). The zero-order valence-electron chi connectivity index (χ0n) is 10.4. The lowest BCUT2D eigenvalue weighted by molar-refractivity contribution is 0.208. The minimum atomic E-state index is -0.223. The number of carbonyl (C=O) groups excluding carboxylic acids is 1. The molecule has 0 aromatic heterocycles. The molecular formula is C14H17N3O. The summed E-state index contributed by atoms with van der Waals surface area (Å²) in [5.41, 5.74) is 2.42. The molecule has 1 aliphatic heterocycles. The molecule has 1 unspecified atom stereocenters. The summed E-state index contributed by atoms with van der Waals surface area (Å²) >= 11 is 0. The van der Waals surface area contributed by atoms with Crippen LogP contribution in [0, 0.1) is 5.41 Å². The van der Waals surface area contributed by atoms with Gasteiger partial charge in [0.25, 0.3) is 0 Å². The SMILES string of the molecule is CCN1C(=O)NC(=N)C1c1ccccc1C1CC1. The van der Waals surface area contributed by atoms with E-state index in [4.69, 9.17) is 5.41 Å². The van der Waals surface area contributed by atoms with Gasteiger partial charge in [0.1, 0.15) is 11.9 Å². The zero-order chi connectivity index (χ0) is 12.7. The maximum absolute atomic E-state index is 11.8. The van der Waals surface area contributed by atoms with Crippen LogP contribution in [0.2, 0.25) is 0 Å². The maximum atomic E-state index is 11.8. The van der Waals surface area contributed by atoms with Gasteiger partial charge in [0.05, 0.1) is 0 Å². The first-order valence-electron chi connectivity index (χ1n) is 6.47. The van der Waals surface area contributed by atoms with Crippen molar-refractivity contribution in [3.63, 3.8) is 0 Å². The average Bonchev–Trinajstić information content (AvgIpc) is 3.15. The number of amidine groups is 1. The van der Waals surface area contributed by atoms with Gasteiger partial charge < -0.3 is 4.90 Å². The Bertz CT molecular complexity index is 508. The van der Waals surface area contributed by atoms with Crippen molar-refractivity contribution in [2.75, 3.05) is 6.54 Å². The third-order valence-electron chi connectivity index (χ3n) is 3.74. The summed E-state index contributed by atoms with van der Waals surface area (Å²) in [6.45, 7) is 2.57. The lowest BCUT2D eigenvalue weighted by Crippen LogP contribution is -2.29. The molecule has 1 saturated heterocycles. The maximum Gasteiger partial charge on any atom is 0.323 e. The van der Waals surface area contributed by atoms with E-state index in [1.54, 1.807) is 4.90 Å². The van der Waals surface area contributed by atoms with E-state index in [2.05, 4.69) is 17.4 Å². The van der Waals surface area contributed by atoms with Crippen LogP contribution in [0.1, 0.15) is 42.9 Å². The Morgan fingerprint density at radius 1 is 1.33 bits per heavy atom. The number of hydrogen-bond donors (Lipinski definition) is 2. The van der Waals surface area contributed by atoms with Gasteiger partial charge in [-0.15, -0.1) is 0 Å². The van der Waals surface area contributed by atoms with Crippen molar-refractivity contribution in [3.8, 4) is 0 Å². The topological polar surface area (TPSA) is 56.2 Å². The summed E-state index contributed by atoms with van der Waals surface area (Å²) in [6, 6.07) is 7.84. The number of rotatable bonds is 3. The molecule has 1 aromatic carbocycles. The number of urea groups is 1. The fraction of sp³-hybridized carbons (Fsp3) is 0.429. The van der Waals surface area contributed by atoms with E-state index >= 15 is 0 Å². The van der Waals surface area contributed by atoms with E-state index in [9.17, 15) is 4.79 Å². The molecule has 0 bridgehead atoms. The van der Waals surface area contributed by atoms with Gasteiger partial charge >= 0.3 is 6.03 Å². The zero-order valence-corrected chi connectivity index (χ0v) is 10.4. The summed E-state index contributed by atoms with van der Waals surface area (Å²) in [5.74, 6) is 0.929. The number of hydrogen-bond acceptors (Lipinski definition) is 2. The van der Waals surface area contributed by atoms with Crippen LogP contribution < -0.4 is 5.32 Å². The van der Waals surface area contributed by atoms with Crippen molar-refractivity contribution in [1.29, 1.82) is 5.41 Å². The van der Waals surface area contributed by atoms with Gasteiger partial charge in [-0.2, -0.15) is 0 Å². The Morgan fingerprint density at radius 3 is 2.61 bits per heavy atom. The summed E-state index contributed by atoms with van der Waals surface area (Å²) in [7, 11) is 0. The van der Waals surface area contributed by atoms with Crippen molar-refractivity contribution in [2.45, 2.75) is 31.7 Å². The van der Waals surface area contributed by atoms with Crippen molar-refractivity contribution < 1.29 is 4.79 Å². The molecule has 2 aliphatic rings. The van der Waals surface area contributed by atoms with Gasteiger partial charge in [-0.25, -0.2) is 4.79 Å². The molecule has 2 N–H and O–H groups in total. The molecular weight excluding hydrogens is 226 g/mol. The molecule has 0 spiro atoms. The molecule has 94 valence electrons. The summed E-state index contributed by atoms with van der Waals surface area (Å²) in [4.78, 5) is 13.5. The Hall–Kier alpha value is -1.84. The average molecular weight is 243 g/mol. The van der Waals surface area contributed by atoms with E-state index in [1.807, 2.05) is 19.1 Å². The van der Waals surface area contributed by atoms with E-state index in [0.29, 0.717) is 18.3 Å². The molecule has 4 heteroatoms. The second kappa shape index (κ2) is 4.12. The fourth-order valence-corrected chi connectivity index (χ4v) is 2.70. The van der Waals surface area contributed by atoms with E-state index in [1.165, 1.54) is 18.4 Å². The third-order valence-corrected chi connectivity index (χ3v) is 3.74. The molecule has 2 fully saturated rings. The highest BCUT2D eigenvalue weighted by molar-refractivity contribution is 6.06. The van der Waals surface area contributed by atoms with Crippen LogP contribution in [0.15, 0.2) is 24.3 Å². The minimum Gasteiger partial charge on any atom is -0.310 e. The normalized spacial score (nSPS) is 23.4. The molecule has 1 saturated carbocycles. The van der Waals surface area contributed by atoms with E-state index in [0.717, 1.165) is 5.56 Å². The Morgan fingerprint density at radius 2 is 2.00 bits per heavy atom. The quantitative estimate of drug-likeness (QED) is 0.842. The van der Waals surface area contributed by atoms with Crippen LogP contribution in [0.4, 0.5) is 4.79 Å². The highest BCUT2D eigenvalue weighted by Crippen LogP contribution is 2.44. The van der Waals surface area contributed by atoms with E-state index < -0.39 is 0 Å². The largest absolute Gasteiger partial charge is 0.323 e. The predicted molar refractivity (Wildman–Crippen MR) is 69.8 cm³/mol. The summed E-state index contributed by atoms with van der Waals surface area (Å²) < 4.78 is 0. The molecule has 1 atom stereocenters. The molecule has 1 aliphatic carbocycles. The van der Waals surface area contributed by atoms with Gasteiger partial charge in [-0.05, 0) is 36.8 Å². The van der Waals surface area contributed by atoms with Crippen LogP contribution >= 0.6 is 0 Å². The molecule has 0 radical (unpaired) electrons. The Kier molecular flexibility index (Phi) is 2.58. The lowest BCUT2D eigenvalue weighted by atomic mass is 9.96. The van der Waals surface area contributed by atoms with Crippen LogP contribution in [-0.2, 0) is 0 Å². The van der Waals surface area contributed by atoms with Crippen molar-refractivity contribution in [1.82, 2.24) is 10.2 Å². The second-order valence-corrected chi connectivity index (χ2v) is 4.94. The van der Waals surface area contributed by atoms with Crippen LogP contribution in [0.3, 0.4) is 0 Å². The second-order valence-electron chi connectivity index (χ2n) is 4.94. The highest BCUT2D eigenvalue weighted by atomic mass is 16.2. The molecule has 1 heterocycles. The Balaban J connectivity index is 2.03. The van der Waals surface area contributed by atoms with Gasteiger partial charge in [-0.1, -0.05) is 24.3 Å². The fourth-order valence-electron chi connectivity index (χ4n) is 2.70. The summed E-state index contributed by atoms with van der Waals surface area (Å²) in [6.07, 6.45) is 2.45. The van der Waals surface area contributed by atoms with Crippen LogP contribution in [-0.4, -0.2) is 23.3 Å². The van der Waals surface area contributed by atoms with Gasteiger partial charge in [0.2, 0.25) is 0 Å². The first kappa shape index (κ1) is 11.3. The lowest BCUT2D eigenvalue weighted by Gasteiger charge is -2.23. The molecule has 1 aromatic rings. The third kappa shape index (κ3) is 1.68. The highest BCUT2D eigenvalue weighted by Gasteiger charge is 2.38. The smallest absolute Gasteiger partial charge is 0.310 e. The number of benzene rings is 1.